The number of benzene rings is 2. The van der Waals surface area contributed by atoms with Gasteiger partial charge in [-0.05, 0) is 55.0 Å². The molecule has 0 N–H and O–H groups in total. The largest absolute Gasteiger partial charge is 0.494 e. The Hall–Kier alpha value is -2.60. The number of nitro benzene ring substituents is 1. The molecular weight excluding hydrogens is 354 g/mol. The van der Waals surface area contributed by atoms with E-state index in [2.05, 4.69) is 28.0 Å². The van der Waals surface area contributed by atoms with Gasteiger partial charge in [0, 0.05) is 38.8 Å². The summed E-state index contributed by atoms with van der Waals surface area (Å²) in [7, 11) is 0. The van der Waals surface area contributed by atoms with Crippen LogP contribution in [-0.4, -0.2) is 49.2 Å². The number of nitro groups is 1. The summed E-state index contributed by atoms with van der Waals surface area (Å²) in [6.45, 7) is 5.20. The van der Waals surface area contributed by atoms with Crippen molar-refractivity contribution in [3.05, 3.63) is 63.7 Å². The number of ether oxygens (including phenoxy) is 1. The molecule has 28 heavy (non-hydrogen) atoms. The Bertz CT molecular complexity index is 832. The maximum absolute atomic E-state index is 11.2. The first-order chi connectivity index (χ1) is 13.7. The van der Waals surface area contributed by atoms with E-state index < -0.39 is 0 Å². The third-order valence-corrected chi connectivity index (χ3v) is 5.75. The molecule has 6 nitrogen and oxygen atoms in total. The minimum atomic E-state index is -0.294. The Labute approximate surface area is 165 Å². The van der Waals surface area contributed by atoms with Crippen LogP contribution in [0.2, 0.25) is 0 Å². The van der Waals surface area contributed by atoms with Gasteiger partial charge in [0.1, 0.15) is 11.4 Å². The van der Waals surface area contributed by atoms with E-state index in [1.165, 1.54) is 30.4 Å². The van der Waals surface area contributed by atoms with E-state index in [0.29, 0.717) is 0 Å². The Morgan fingerprint density at radius 1 is 1.00 bits per heavy atom. The van der Waals surface area contributed by atoms with Crippen LogP contribution in [0.15, 0.2) is 42.5 Å². The van der Waals surface area contributed by atoms with Crippen LogP contribution in [0, 0.1) is 10.1 Å². The van der Waals surface area contributed by atoms with Gasteiger partial charge in [-0.25, -0.2) is 0 Å². The van der Waals surface area contributed by atoms with Gasteiger partial charge in [-0.2, -0.15) is 0 Å². The zero-order valence-electron chi connectivity index (χ0n) is 16.2. The molecule has 0 bridgehead atoms. The smallest absolute Gasteiger partial charge is 0.292 e. The second-order valence-corrected chi connectivity index (χ2v) is 7.56. The van der Waals surface area contributed by atoms with Crippen molar-refractivity contribution in [2.45, 2.75) is 25.7 Å². The molecular formula is C22H27N3O3. The van der Waals surface area contributed by atoms with Crippen molar-refractivity contribution < 1.29 is 9.66 Å². The van der Waals surface area contributed by atoms with Crippen molar-refractivity contribution >= 4 is 11.4 Å². The molecule has 1 heterocycles. The Balaban J connectivity index is 1.21. The van der Waals surface area contributed by atoms with E-state index in [4.69, 9.17) is 4.74 Å². The van der Waals surface area contributed by atoms with E-state index in [1.807, 2.05) is 12.1 Å². The first-order valence-corrected chi connectivity index (χ1v) is 10.2. The average Bonchev–Trinajstić information content (AvgIpc) is 3.19. The summed E-state index contributed by atoms with van der Waals surface area (Å²) in [5.74, 6) is 0.988. The lowest BCUT2D eigenvalue weighted by Gasteiger charge is -2.35. The van der Waals surface area contributed by atoms with Gasteiger partial charge >= 0.3 is 0 Å². The molecule has 0 unspecified atom stereocenters. The topological polar surface area (TPSA) is 58.9 Å². The third kappa shape index (κ3) is 4.28. The summed E-state index contributed by atoms with van der Waals surface area (Å²) < 4.78 is 5.94. The van der Waals surface area contributed by atoms with Crippen LogP contribution in [0.5, 0.6) is 5.75 Å². The number of fused-ring (bicyclic) bond motifs is 1. The van der Waals surface area contributed by atoms with Gasteiger partial charge in [-0.1, -0.05) is 18.2 Å². The van der Waals surface area contributed by atoms with Crippen molar-refractivity contribution in [1.82, 2.24) is 4.90 Å². The molecule has 2 aromatic carbocycles. The highest BCUT2D eigenvalue weighted by Crippen LogP contribution is 2.28. The van der Waals surface area contributed by atoms with E-state index in [-0.39, 0.29) is 10.6 Å². The number of anilines is 1. The average molecular weight is 381 g/mol. The van der Waals surface area contributed by atoms with Gasteiger partial charge in [0.15, 0.2) is 0 Å². The maximum Gasteiger partial charge on any atom is 0.292 e. The second kappa shape index (κ2) is 8.61. The molecule has 1 fully saturated rings. The molecule has 1 saturated heterocycles. The van der Waals surface area contributed by atoms with Crippen LogP contribution in [0.4, 0.5) is 11.4 Å². The maximum atomic E-state index is 11.2. The fraction of sp³-hybridized carbons (Fsp3) is 0.455. The zero-order valence-corrected chi connectivity index (χ0v) is 16.2. The monoisotopic (exact) mass is 381 g/mol. The number of nitrogens with zero attached hydrogens (tertiary/aromatic N) is 3. The molecule has 0 aromatic heterocycles. The molecule has 2 aliphatic rings. The lowest BCUT2D eigenvalue weighted by Crippen LogP contribution is -2.47. The van der Waals surface area contributed by atoms with Gasteiger partial charge in [-0.15, -0.1) is 0 Å². The van der Waals surface area contributed by atoms with Crippen molar-refractivity contribution in [2.75, 3.05) is 44.2 Å². The van der Waals surface area contributed by atoms with Crippen LogP contribution in [0.25, 0.3) is 0 Å². The van der Waals surface area contributed by atoms with Crippen LogP contribution in [0.3, 0.4) is 0 Å². The van der Waals surface area contributed by atoms with Crippen LogP contribution >= 0.6 is 0 Å². The highest BCUT2D eigenvalue weighted by molar-refractivity contribution is 5.63. The molecule has 1 aliphatic carbocycles. The molecule has 148 valence electrons. The first kappa shape index (κ1) is 18.7. The summed E-state index contributed by atoms with van der Waals surface area (Å²) in [6, 6.07) is 13.5. The molecule has 0 radical (unpaired) electrons. The lowest BCUT2D eigenvalue weighted by atomic mass is 10.1. The first-order valence-electron chi connectivity index (χ1n) is 10.2. The van der Waals surface area contributed by atoms with Crippen LogP contribution in [0.1, 0.15) is 24.0 Å². The zero-order chi connectivity index (χ0) is 19.3. The predicted octanol–water partition coefficient (Wildman–Crippen LogP) is 3.67. The van der Waals surface area contributed by atoms with E-state index in [1.54, 1.807) is 12.1 Å². The van der Waals surface area contributed by atoms with E-state index in [0.717, 1.165) is 57.2 Å². The highest BCUT2D eigenvalue weighted by Gasteiger charge is 2.22. The SMILES string of the molecule is O=[N+]([O-])c1ccccc1N1CCN(CCCOc2ccc3c(c2)CCC3)CC1. The van der Waals surface area contributed by atoms with Crippen LogP contribution in [-0.2, 0) is 12.8 Å². The Kier molecular flexibility index (Phi) is 5.76. The molecule has 0 atom stereocenters. The molecule has 4 rings (SSSR count). The third-order valence-electron chi connectivity index (χ3n) is 5.75. The van der Waals surface area contributed by atoms with Crippen LogP contribution < -0.4 is 9.64 Å². The molecule has 0 spiro atoms. The Morgan fingerprint density at radius 2 is 1.79 bits per heavy atom. The number of aryl methyl sites for hydroxylation is 2. The molecule has 6 heteroatoms. The predicted molar refractivity (Wildman–Crippen MR) is 110 cm³/mol. The summed E-state index contributed by atoms with van der Waals surface area (Å²) >= 11 is 0. The number of rotatable bonds is 7. The summed E-state index contributed by atoms with van der Waals surface area (Å²) in [6.07, 6.45) is 4.63. The molecule has 0 saturated carbocycles. The highest BCUT2D eigenvalue weighted by atomic mass is 16.6. The number of hydrogen-bond donors (Lipinski definition) is 0. The number of piperazine rings is 1. The van der Waals surface area contributed by atoms with E-state index in [9.17, 15) is 10.1 Å². The van der Waals surface area contributed by atoms with E-state index >= 15 is 0 Å². The van der Waals surface area contributed by atoms with Crippen molar-refractivity contribution in [3.63, 3.8) is 0 Å². The minimum absolute atomic E-state index is 0.193. The standard InChI is InChI=1S/C22H27N3O3/c26-25(27)22-8-2-1-7-21(22)24-14-12-23(13-15-24)11-4-16-28-20-10-9-18-5-3-6-19(18)17-20/h1-2,7-10,17H,3-6,11-16H2. The fourth-order valence-corrected chi connectivity index (χ4v) is 4.21. The minimum Gasteiger partial charge on any atom is -0.494 e. The molecule has 2 aromatic rings. The second-order valence-electron chi connectivity index (χ2n) is 7.56. The van der Waals surface area contributed by atoms with Gasteiger partial charge in [-0.3, -0.25) is 15.0 Å². The van der Waals surface area contributed by atoms with Gasteiger partial charge in [0.05, 0.1) is 11.5 Å². The van der Waals surface area contributed by atoms with Crippen molar-refractivity contribution in [1.29, 1.82) is 0 Å². The quantitative estimate of drug-likeness (QED) is 0.416. The molecule has 1 aliphatic heterocycles. The van der Waals surface area contributed by atoms with Crippen molar-refractivity contribution in [2.24, 2.45) is 0 Å². The number of hydrogen-bond acceptors (Lipinski definition) is 5. The fourth-order valence-electron chi connectivity index (χ4n) is 4.21. The molecule has 0 amide bonds. The van der Waals surface area contributed by atoms with Gasteiger partial charge in [0.25, 0.3) is 5.69 Å². The normalized spacial score (nSPS) is 16.8. The van der Waals surface area contributed by atoms with Gasteiger partial charge in [0.2, 0.25) is 0 Å². The Morgan fingerprint density at radius 3 is 2.61 bits per heavy atom. The summed E-state index contributed by atoms with van der Waals surface area (Å²) in [5, 5.41) is 11.2. The number of para-hydroxylation sites is 2. The van der Waals surface area contributed by atoms with Crippen molar-refractivity contribution in [3.8, 4) is 5.75 Å². The summed E-state index contributed by atoms with van der Waals surface area (Å²) in [4.78, 5) is 15.5. The van der Waals surface area contributed by atoms with Gasteiger partial charge < -0.3 is 9.64 Å². The summed E-state index contributed by atoms with van der Waals surface area (Å²) in [5.41, 5.74) is 3.85. The lowest BCUT2D eigenvalue weighted by molar-refractivity contribution is -0.384.